The van der Waals surface area contributed by atoms with E-state index in [0.29, 0.717) is 5.56 Å². The number of carbonyl (C=O) groups excluding carboxylic acids is 1. The number of carbonyl (C=O) groups is 1. The van der Waals surface area contributed by atoms with Crippen LogP contribution in [0.3, 0.4) is 0 Å². The normalized spacial score (nSPS) is 23.5. The highest BCUT2D eigenvalue weighted by Crippen LogP contribution is 2.39. The van der Waals surface area contributed by atoms with Crippen LogP contribution in [0.1, 0.15) is 18.1 Å². The van der Waals surface area contributed by atoms with Crippen molar-refractivity contribution in [1.29, 1.82) is 0 Å². The summed E-state index contributed by atoms with van der Waals surface area (Å²) in [6.07, 6.45) is 1.08. The van der Waals surface area contributed by atoms with Crippen LogP contribution in [-0.4, -0.2) is 21.1 Å². The first-order chi connectivity index (χ1) is 6.95. The summed E-state index contributed by atoms with van der Waals surface area (Å²) in [4.78, 5) is 11.3. The number of phenolic OH excluding ortho intramolecular Hbond substituents is 1. The van der Waals surface area contributed by atoms with E-state index in [2.05, 4.69) is 0 Å². The topological polar surface area (TPSA) is 77.8 Å². The summed E-state index contributed by atoms with van der Waals surface area (Å²) in [6.45, 7) is 1.24. The first kappa shape index (κ1) is 9.73. The quantitative estimate of drug-likeness (QED) is 0.642. The Balaban J connectivity index is 2.69. The van der Waals surface area contributed by atoms with Crippen LogP contribution in [0.2, 0.25) is 0 Å². The van der Waals surface area contributed by atoms with Gasteiger partial charge < -0.3 is 15.3 Å². The molecule has 0 spiro atoms. The third-order valence-electron chi connectivity index (χ3n) is 2.57. The van der Waals surface area contributed by atoms with Crippen LogP contribution in [-0.2, 0) is 10.4 Å². The third kappa shape index (κ3) is 1.22. The van der Waals surface area contributed by atoms with Gasteiger partial charge in [0.1, 0.15) is 11.5 Å². The van der Waals surface area contributed by atoms with Crippen molar-refractivity contribution in [2.24, 2.45) is 0 Å². The number of aliphatic hydroxyl groups excluding tert-OH is 1. The van der Waals surface area contributed by atoms with E-state index < -0.39 is 11.4 Å². The van der Waals surface area contributed by atoms with Crippen molar-refractivity contribution in [3.63, 3.8) is 0 Å². The van der Waals surface area contributed by atoms with Gasteiger partial charge in [0.15, 0.2) is 11.4 Å². The number of rotatable bonds is 1. The minimum absolute atomic E-state index is 0.0264. The average Bonchev–Trinajstić information content (AvgIpc) is 2.40. The Hall–Kier alpha value is -1.81. The Labute approximate surface area is 86.1 Å². The van der Waals surface area contributed by atoms with Gasteiger partial charge in [0.25, 0.3) is 0 Å². The Kier molecular flexibility index (Phi) is 1.84. The molecule has 0 radical (unpaired) electrons. The van der Waals surface area contributed by atoms with Crippen molar-refractivity contribution in [3.05, 3.63) is 35.4 Å². The van der Waals surface area contributed by atoms with Gasteiger partial charge in [-0.1, -0.05) is 6.07 Å². The summed E-state index contributed by atoms with van der Waals surface area (Å²) in [6, 6.07) is 4.09. The third-order valence-corrected chi connectivity index (χ3v) is 2.57. The van der Waals surface area contributed by atoms with E-state index in [-0.39, 0.29) is 17.1 Å². The molecule has 78 valence electrons. The Bertz CT molecular complexity index is 475. The summed E-state index contributed by atoms with van der Waals surface area (Å²) in [5.41, 5.74) is -1.19. The molecule has 1 aliphatic carbocycles. The molecule has 1 unspecified atom stereocenters. The number of aliphatic hydroxyl groups is 2. The Morgan fingerprint density at radius 3 is 2.60 bits per heavy atom. The van der Waals surface area contributed by atoms with Crippen LogP contribution >= 0.6 is 0 Å². The van der Waals surface area contributed by atoms with Crippen LogP contribution in [0.25, 0.3) is 5.76 Å². The van der Waals surface area contributed by atoms with Crippen molar-refractivity contribution in [2.45, 2.75) is 12.5 Å². The lowest BCUT2D eigenvalue weighted by molar-refractivity contribution is -0.131. The highest BCUT2D eigenvalue weighted by Gasteiger charge is 2.40. The molecule has 3 N–H and O–H groups in total. The molecular weight excluding hydrogens is 196 g/mol. The maximum atomic E-state index is 11.3. The molecule has 0 fully saturated rings. The number of fused-ring (bicyclic) bond motifs is 1. The first-order valence-corrected chi connectivity index (χ1v) is 4.44. The molecular formula is C11H10O4. The summed E-state index contributed by atoms with van der Waals surface area (Å²) in [7, 11) is 0. The number of aromatic hydroxyl groups is 1. The molecule has 1 aromatic rings. The van der Waals surface area contributed by atoms with Crippen molar-refractivity contribution >= 4 is 11.5 Å². The van der Waals surface area contributed by atoms with Gasteiger partial charge in [0, 0.05) is 17.2 Å². The zero-order chi connectivity index (χ0) is 11.2. The van der Waals surface area contributed by atoms with E-state index in [1.165, 1.54) is 25.1 Å². The zero-order valence-electron chi connectivity index (χ0n) is 8.06. The average molecular weight is 206 g/mol. The fourth-order valence-electron chi connectivity index (χ4n) is 1.72. The van der Waals surface area contributed by atoms with Gasteiger partial charge >= 0.3 is 0 Å². The fraction of sp³-hybridized carbons (Fsp3) is 0.182. The standard InChI is InChI=1S/C11H10O4/c1-6(12)11(15)5-10(14)8-4-7(13)2-3-9(8)11/h2-5,13-15H,1H3. The van der Waals surface area contributed by atoms with E-state index >= 15 is 0 Å². The van der Waals surface area contributed by atoms with E-state index in [1.807, 2.05) is 0 Å². The summed E-state index contributed by atoms with van der Waals surface area (Å²) in [5, 5.41) is 28.8. The molecule has 0 heterocycles. The highest BCUT2D eigenvalue weighted by molar-refractivity contribution is 5.94. The van der Waals surface area contributed by atoms with Gasteiger partial charge in [0.2, 0.25) is 0 Å². The van der Waals surface area contributed by atoms with Crippen molar-refractivity contribution in [1.82, 2.24) is 0 Å². The van der Waals surface area contributed by atoms with Gasteiger partial charge in [-0.2, -0.15) is 0 Å². The van der Waals surface area contributed by atoms with Crippen LogP contribution in [0, 0.1) is 0 Å². The molecule has 1 aliphatic rings. The van der Waals surface area contributed by atoms with Crippen LogP contribution in [0.4, 0.5) is 0 Å². The van der Waals surface area contributed by atoms with Crippen molar-refractivity contribution < 1.29 is 20.1 Å². The van der Waals surface area contributed by atoms with Gasteiger partial charge in [-0.3, -0.25) is 4.79 Å². The minimum Gasteiger partial charge on any atom is -0.508 e. The van der Waals surface area contributed by atoms with Crippen molar-refractivity contribution in [2.75, 3.05) is 0 Å². The molecule has 15 heavy (non-hydrogen) atoms. The lowest BCUT2D eigenvalue weighted by atomic mass is 9.92. The van der Waals surface area contributed by atoms with E-state index in [1.54, 1.807) is 0 Å². The number of phenols is 1. The molecule has 1 aromatic carbocycles. The molecule has 0 aliphatic heterocycles. The highest BCUT2D eigenvalue weighted by atomic mass is 16.3. The molecule has 0 saturated heterocycles. The number of Topliss-reactive ketones (excluding diaryl/α,β-unsaturated/α-hetero) is 1. The summed E-state index contributed by atoms with van der Waals surface area (Å²) >= 11 is 0. The van der Waals surface area contributed by atoms with Gasteiger partial charge in [-0.15, -0.1) is 0 Å². The molecule has 4 heteroatoms. The van der Waals surface area contributed by atoms with Crippen molar-refractivity contribution in [3.8, 4) is 5.75 Å². The Morgan fingerprint density at radius 2 is 2.00 bits per heavy atom. The lowest BCUT2D eigenvalue weighted by Crippen LogP contribution is -2.29. The SMILES string of the molecule is CC(=O)C1(O)C=C(O)c2cc(O)ccc21. The second-order valence-electron chi connectivity index (χ2n) is 3.58. The lowest BCUT2D eigenvalue weighted by Gasteiger charge is -2.18. The second kappa shape index (κ2) is 2.84. The number of ketones is 1. The van der Waals surface area contributed by atoms with E-state index in [9.17, 15) is 20.1 Å². The molecule has 0 aromatic heterocycles. The largest absolute Gasteiger partial charge is 0.508 e. The number of hydrogen-bond donors (Lipinski definition) is 3. The molecule has 1 atom stereocenters. The predicted molar refractivity (Wildman–Crippen MR) is 53.3 cm³/mol. The van der Waals surface area contributed by atoms with Gasteiger partial charge in [-0.05, 0) is 19.1 Å². The van der Waals surface area contributed by atoms with Crippen LogP contribution < -0.4 is 0 Å². The number of benzene rings is 1. The first-order valence-electron chi connectivity index (χ1n) is 4.44. The molecule has 0 saturated carbocycles. The van der Waals surface area contributed by atoms with E-state index in [0.717, 1.165) is 6.08 Å². The van der Waals surface area contributed by atoms with Gasteiger partial charge in [0.05, 0.1) is 0 Å². The summed E-state index contributed by atoms with van der Waals surface area (Å²) in [5.74, 6) is -0.696. The monoisotopic (exact) mass is 206 g/mol. The maximum absolute atomic E-state index is 11.3. The fourth-order valence-corrected chi connectivity index (χ4v) is 1.72. The number of hydrogen-bond acceptors (Lipinski definition) is 4. The van der Waals surface area contributed by atoms with E-state index in [4.69, 9.17) is 0 Å². The second-order valence-corrected chi connectivity index (χ2v) is 3.58. The van der Waals surface area contributed by atoms with Crippen LogP contribution in [0.5, 0.6) is 5.75 Å². The minimum atomic E-state index is -1.77. The smallest absolute Gasteiger partial charge is 0.170 e. The molecule has 0 bridgehead atoms. The maximum Gasteiger partial charge on any atom is 0.170 e. The van der Waals surface area contributed by atoms with Gasteiger partial charge in [-0.25, -0.2) is 0 Å². The summed E-state index contributed by atoms with van der Waals surface area (Å²) < 4.78 is 0. The molecule has 2 rings (SSSR count). The Morgan fingerprint density at radius 1 is 1.33 bits per heavy atom. The zero-order valence-corrected chi connectivity index (χ0v) is 8.06. The predicted octanol–water partition coefficient (Wildman–Crippen LogP) is 1.08. The van der Waals surface area contributed by atoms with Crippen LogP contribution in [0.15, 0.2) is 24.3 Å². The molecule has 4 nitrogen and oxygen atoms in total. The molecule has 0 amide bonds.